The van der Waals surface area contributed by atoms with Crippen LogP contribution in [0.5, 0.6) is 0 Å². The number of halogens is 3. The summed E-state index contributed by atoms with van der Waals surface area (Å²) in [5.41, 5.74) is 4.45. The van der Waals surface area contributed by atoms with E-state index in [0.717, 1.165) is 0 Å². The lowest BCUT2D eigenvalue weighted by molar-refractivity contribution is -0.159. The van der Waals surface area contributed by atoms with Crippen molar-refractivity contribution >= 4 is 5.91 Å². The Kier molecular flexibility index (Phi) is 4.59. The molecule has 2 aromatic carbocycles. The maximum atomic E-state index is 13.0. The summed E-state index contributed by atoms with van der Waals surface area (Å²) in [7, 11) is 0. The van der Waals surface area contributed by atoms with E-state index < -0.39 is 18.1 Å². The molecule has 0 heterocycles. The maximum Gasteiger partial charge on any atom is 0.409 e. The Morgan fingerprint density at radius 3 is 1.95 bits per heavy atom. The third kappa shape index (κ3) is 4.06. The molecule has 6 heteroatoms. The molecule has 0 aromatic heterocycles. The van der Waals surface area contributed by atoms with Gasteiger partial charge >= 0.3 is 6.18 Å². The van der Waals surface area contributed by atoms with Crippen molar-refractivity contribution in [3.05, 3.63) is 71.8 Å². The zero-order valence-electron chi connectivity index (χ0n) is 10.9. The first-order chi connectivity index (χ1) is 9.98. The van der Waals surface area contributed by atoms with Gasteiger partial charge in [0.25, 0.3) is 5.91 Å². The van der Waals surface area contributed by atoms with Crippen LogP contribution in [0.25, 0.3) is 0 Å². The van der Waals surface area contributed by atoms with Crippen LogP contribution in [0.1, 0.15) is 22.0 Å². The Morgan fingerprint density at radius 2 is 1.43 bits per heavy atom. The van der Waals surface area contributed by atoms with Gasteiger partial charge in [-0.1, -0.05) is 48.5 Å². The predicted octanol–water partition coefficient (Wildman–Crippen LogP) is 3.22. The molecular weight excluding hydrogens is 281 g/mol. The molecule has 1 amide bonds. The van der Waals surface area contributed by atoms with Crippen LogP contribution in [0.2, 0.25) is 0 Å². The van der Waals surface area contributed by atoms with Crippen LogP contribution in [0.3, 0.4) is 0 Å². The molecule has 0 saturated heterocycles. The number of rotatable bonds is 4. The van der Waals surface area contributed by atoms with Crippen LogP contribution in [-0.4, -0.2) is 12.1 Å². The number of hydrogen-bond acceptors (Lipinski definition) is 2. The normalized spacial score (nSPS) is 12.7. The number of alkyl halides is 3. The molecule has 3 nitrogen and oxygen atoms in total. The Hall–Kier alpha value is -2.34. The van der Waals surface area contributed by atoms with Gasteiger partial charge in [0.1, 0.15) is 6.04 Å². The second-order valence-electron chi connectivity index (χ2n) is 4.35. The van der Waals surface area contributed by atoms with Crippen LogP contribution >= 0.6 is 0 Å². The first kappa shape index (κ1) is 15.1. The van der Waals surface area contributed by atoms with Crippen molar-refractivity contribution in [3.8, 4) is 0 Å². The lowest BCUT2D eigenvalue weighted by atomic mass is 10.1. The first-order valence-electron chi connectivity index (χ1n) is 6.21. The summed E-state index contributed by atoms with van der Waals surface area (Å²) < 4.78 is 39.1. The van der Waals surface area contributed by atoms with Gasteiger partial charge < -0.3 is 0 Å². The second-order valence-corrected chi connectivity index (χ2v) is 4.35. The fourth-order valence-corrected chi connectivity index (χ4v) is 1.80. The molecule has 0 aliphatic heterocycles. The maximum absolute atomic E-state index is 13.0. The van der Waals surface area contributed by atoms with Gasteiger partial charge in [-0.15, -0.1) is 0 Å². The van der Waals surface area contributed by atoms with Crippen LogP contribution in [0.4, 0.5) is 13.2 Å². The predicted molar refractivity (Wildman–Crippen MR) is 72.3 cm³/mol. The Morgan fingerprint density at radius 1 is 0.905 bits per heavy atom. The smallest absolute Gasteiger partial charge is 0.287 e. The average Bonchev–Trinajstić information content (AvgIpc) is 2.48. The molecule has 0 saturated carbocycles. The number of hydrazine groups is 1. The molecule has 110 valence electrons. The molecule has 2 N–H and O–H groups in total. The van der Waals surface area contributed by atoms with E-state index in [-0.39, 0.29) is 11.1 Å². The van der Waals surface area contributed by atoms with Crippen LogP contribution in [0, 0.1) is 0 Å². The molecule has 0 aliphatic rings. The topological polar surface area (TPSA) is 41.1 Å². The van der Waals surface area contributed by atoms with Gasteiger partial charge in [-0.25, -0.2) is 5.43 Å². The zero-order valence-corrected chi connectivity index (χ0v) is 10.9. The standard InChI is InChI=1S/C15H13F3N2O/c16-15(17,18)13(11-7-3-1-4-8-11)19-20-14(21)12-9-5-2-6-10-12/h1-10,13,19H,(H,20,21). The minimum absolute atomic E-state index is 0.0263. The third-order valence-corrected chi connectivity index (χ3v) is 2.83. The van der Waals surface area contributed by atoms with Gasteiger partial charge in [0.05, 0.1) is 0 Å². The molecule has 0 radical (unpaired) electrons. The Labute approximate surface area is 119 Å². The largest absolute Gasteiger partial charge is 0.409 e. The zero-order chi connectivity index (χ0) is 15.3. The molecule has 21 heavy (non-hydrogen) atoms. The highest BCUT2D eigenvalue weighted by atomic mass is 19.4. The van der Waals surface area contributed by atoms with Gasteiger partial charge in [-0.05, 0) is 17.7 Å². The summed E-state index contributed by atoms with van der Waals surface area (Å²) in [5.74, 6) is -0.624. The quantitative estimate of drug-likeness (QED) is 0.850. The number of carbonyl (C=O) groups is 1. The van der Waals surface area contributed by atoms with Gasteiger partial charge in [-0.3, -0.25) is 10.2 Å². The van der Waals surface area contributed by atoms with Gasteiger partial charge in [0.2, 0.25) is 0 Å². The van der Waals surface area contributed by atoms with E-state index in [2.05, 4.69) is 5.43 Å². The van der Waals surface area contributed by atoms with Crippen molar-refractivity contribution < 1.29 is 18.0 Å². The fourth-order valence-electron chi connectivity index (χ4n) is 1.80. The molecule has 0 aliphatic carbocycles. The van der Waals surface area contributed by atoms with Gasteiger partial charge in [0, 0.05) is 5.56 Å². The summed E-state index contributed by atoms with van der Waals surface area (Å²) >= 11 is 0. The Bertz CT molecular complexity index is 585. The number of hydrogen-bond donors (Lipinski definition) is 2. The van der Waals surface area contributed by atoms with Crippen LogP contribution in [0.15, 0.2) is 60.7 Å². The summed E-state index contributed by atoms with van der Waals surface area (Å²) in [5, 5.41) is 0. The lowest BCUT2D eigenvalue weighted by Crippen LogP contribution is -2.45. The van der Waals surface area contributed by atoms with Crippen molar-refractivity contribution in [3.63, 3.8) is 0 Å². The molecule has 2 aromatic rings. The van der Waals surface area contributed by atoms with E-state index in [9.17, 15) is 18.0 Å². The van der Waals surface area contributed by atoms with Crippen molar-refractivity contribution in [1.29, 1.82) is 0 Å². The van der Waals surface area contributed by atoms with Gasteiger partial charge in [-0.2, -0.15) is 13.2 Å². The van der Waals surface area contributed by atoms with Crippen molar-refractivity contribution in [2.75, 3.05) is 0 Å². The molecule has 0 fully saturated rings. The highest BCUT2D eigenvalue weighted by Crippen LogP contribution is 2.31. The van der Waals surface area contributed by atoms with Crippen molar-refractivity contribution in [1.82, 2.24) is 10.9 Å². The van der Waals surface area contributed by atoms with E-state index in [1.807, 2.05) is 5.43 Å². The van der Waals surface area contributed by atoms with E-state index in [4.69, 9.17) is 0 Å². The summed E-state index contributed by atoms with van der Waals surface area (Å²) in [6, 6.07) is 13.4. The average molecular weight is 294 g/mol. The van der Waals surface area contributed by atoms with Crippen LogP contribution in [-0.2, 0) is 0 Å². The van der Waals surface area contributed by atoms with E-state index >= 15 is 0 Å². The number of benzene rings is 2. The second kappa shape index (κ2) is 6.41. The lowest BCUT2D eigenvalue weighted by Gasteiger charge is -2.22. The number of amides is 1. The minimum Gasteiger partial charge on any atom is -0.287 e. The monoisotopic (exact) mass is 294 g/mol. The molecule has 2 rings (SSSR count). The molecule has 1 atom stereocenters. The van der Waals surface area contributed by atoms with E-state index in [1.54, 1.807) is 24.3 Å². The van der Waals surface area contributed by atoms with E-state index in [1.165, 1.54) is 36.4 Å². The first-order valence-corrected chi connectivity index (χ1v) is 6.21. The van der Waals surface area contributed by atoms with Crippen molar-refractivity contribution in [2.24, 2.45) is 0 Å². The minimum atomic E-state index is -4.52. The third-order valence-electron chi connectivity index (χ3n) is 2.83. The Balaban J connectivity index is 2.09. The van der Waals surface area contributed by atoms with Crippen molar-refractivity contribution in [2.45, 2.75) is 12.2 Å². The number of nitrogens with one attached hydrogen (secondary N) is 2. The molecule has 0 spiro atoms. The summed E-state index contributed by atoms with van der Waals surface area (Å²) in [4.78, 5) is 11.8. The molecule has 1 unspecified atom stereocenters. The van der Waals surface area contributed by atoms with Crippen LogP contribution < -0.4 is 10.9 Å². The fraction of sp³-hybridized carbons (Fsp3) is 0.133. The number of carbonyl (C=O) groups excluding carboxylic acids is 1. The van der Waals surface area contributed by atoms with E-state index in [0.29, 0.717) is 0 Å². The molecular formula is C15H13F3N2O. The van der Waals surface area contributed by atoms with Gasteiger partial charge in [0.15, 0.2) is 0 Å². The summed E-state index contributed by atoms with van der Waals surface area (Å²) in [6.07, 6.45) is -4.52. The SMILES string of the molecule is O=C(NNC(c1ccccc1)C(F)(F)F)c1ccccc1. The molecule has 0 bridgehead atoms. The highest BCUT2D eigenvalue weighted by molar-refractivity contribution is 5.93. The summed E-state index contributed by atoms with van der Waals surface area (Å²) in [6.45, 7) is 0. The highest BCUT2D eigenvalue weighted by Gasteiger charge is 2.41.